The number of rotatable bonds is 5. The molecular weight excluding hydrogens is 430 g/mol. The lowest BCUT2D eigenvalue weighted by Crippen LogP contribution is -2.19. The topological polar surface area (TPSA) is 105 Å². The quantitative estimate of drug-likeness (QED) is 0.389. The first-order valence-corrected chi connectivity index (χ1v) is 10.5. The maximum Gasteiger partial charge on any atom is 0.269 e. The Morgan fingerprint density at radius 2 is 1.82 bits per heavy atom. The van der Waals surface area contributed by atoms with E-state index in [0.717, 1.165) is 16.6 Å². The summed E-state index contributed by atoms with van der Waals surface area (Å²) in [6.45, 7) is 1.86. The van der Waals surface area contributed by atoms with Gasteiger partial charge in [0, 0.05) is 6.20 Å². The molecule has 34 heavy (non-hydrogen) atoms. The third kappa shape index (κ3) is 3.76. The Labute approximate surface area is 194 Å². The fourth-order valence-corrected chi connectivity index (χ4v) is 3.63. The predicted octanol–water partition coefficient (Wildman–Crippen LogP) is 4.74. The Balaban J connectivity index is 1.70. The fraction of sp³-hybridized carbons (Fsp3) is 0.0769. The van der Waals surface area contributed by atoms with E-state index in [-0.39, 0.29) is 22.6 Å². The van der Waals surface area contributed by atoms with E-state index in [0.29, 0.717) is 23.0 Å². The van der Waals surface area contributed by atoms with Crippen molar-refractivity contribution in [3.63, 3.8) is 0 Å². The van der Waals surface area contributed by atoms with Crippen molar-refractivity contribution in [1.29, 1.82) is 5.26 Å². The summed E-state index contributed by atoms with van der Waals surface area (Å²) in [5, 5.41) is 9.89. The predicted molar refractivity (Wildman–Crippen MR) is 129 cm³/mol. The minimum Gasteiger partial charge on any atom is -0.497 e. The maximum atomic E-state index is 13.5. The van der Waals surface area contributed by atoms with Gasteiger partial charge in [-0.25, -0.2) is 4.98 Å². The van der Waals surface area contributed by atoms with Crippen molar-refractivity contribution in [2.24, 2.45) is 0 Å². The number of ether oxygens (including phenoxy) is 2. The molecule has 5 rings (SSSR count). The van der Waals surface area contributed by atoms with Crippen LogP contribution < -0.4 is 15.0 Å². The molecule has 0 aliphatic heterocycles. The summed E-state index contributed by atoms with van der Waals surface area (Å²) in [6, 6.07) is 20.2. The highest BCUT2D eigenvalue weighted by atomic mass is 16.5. The summed E-state index contributed by atoms with van der Waals surface area (Å²) < 4.78 is 12.7. The van der Waals surface area contributed by atoms with Gasteiger partial charge in [-0.1, -0.05) is 18.2 Å². The Hall–Kier alpha value is -4.90. The Bertz CT molecular complexity index is 1620. The first kappa shape index (κ1) is 21.0. The number of nitrogens with zero attached hydrogens (tertiary/aromatic N) is 4. The summed E-state index contributed by atoms with van der Waals surface area (Å²) >= 11 is 0. The van der Waals surface area contributed by atoms with Crippen LogP contribution in [0.3, 0.4) is 0 Å². The van der Waals surface area contributed by atoms with Crippen LogP contribution in [0.1, 0.15) is 17.0 Å². The molecule has 5 aromatic rings. The summed E-state index contributed by atoms with van der Waals surface area (Å²) in [5.74, 6) is 1.59. The van der Waals surface area contributed by atoms with Gasteiger partial charge in [-0.3, -0.25) is 9.20 Å². The van der Waals surface area contributed by atoms with E-state index in [4.69, 9.17) is 9.47 Å². The van der Waals surface area contributed by atoms with Gasteiger partial charge in [-0.15, -0.1) is 0 Å². The first-order chi connectivity index (χ1) is 16.6. The fourth-order valence-electron chi connectivity index (χ4n) is 3.63. The summed E-state index contributed by atoms with van der Waals surface area (Å²) in [5.41, 5.74) is 2.75. The SMILES string of the molecule is COc1ccc(Oc2nc3c(C)cccn3c(=O)c2/C=C(\C#N)c2nc3ccccc3[nH]2)cc1. The molecule has 8 nitrogen and oxygen atoms in total. The second-order valence-electron chi connectivity index (χ2n) is 7.57. The molecule has 0 aliphatic carbocycles. The number of aryl methyl sites for hydroxylation is 1. The monoisotopic (exact) mass is 449 g/mol. The number of nitriles is 1. The molecule has 0 spiro atoms. The number of benzene rings is 2. The van der Waals surface area contributed by atoms with Crippen LogP contribution >= 0.6 is 0 Å². The number of aromatic nitrogens is 4. The van der Waals surface area contributed by atoms with E-state index >= 15 is 0 Å². The van der Waals surface area contributed by atoms with Crippen LogP contribution in [0.25, 0.3) is 28.3 Å². The van der Waals surface area contributed by atoms with Gasteiger partial charge in [-0.05, 0) is 61.0 Å². The minimum atomic E-state index is -0.360. The Morgan fingerprint density at radius 1 is 1.06 bits per heavy atom. The van der Waals surface area contributed by atoms with Gasteiger partial charge in [0.15, 0.2) is 0 Å². The van der Waals surface area contributed by atoms with E-state index in [2.05, 4.69) is 21.0 Å². The molecule has 0 atom stereocenters. The lowest BCUT2D eigenvalue weighted by molar-refractivity contribution is 0.412. The van der Waals surface area contributed by atoms with Gasteiger partial charge in [0.2, 0.25) is 5.88 Å². The summed E-state index contributed by atoms with van der Waals surface area (Å²) in [4.78, 5) is 25.7. The van der Waals surface area contributed by atoms with Crippen molar-refractivity contribution in [1.82, 2.24) is 19.4 Å². The smallest absolute Gasteiger partial charge is 0.269 e. The van der Waals surface area contributed by atoms with E-state index in [1.807, 2.05) is 37.3 Å². The molecule has 3 heterocycles. The highest BCUT2D eigenvalue weighted by molar-refractivity contribution is 5.91. The number of hydrogen-bond acceptors (Lipinski definition) is 6. The molecule has 0 saturated heterocycles. The molecule has 1 N–H and O–H groups in total. The molecule has 0 fully saturated rings. The lowest BCUT2D eigenvalue weighted by atomic mass is 10.1. The van der Waals surface area contributed by atoms with Gasteiger partial charge >= 0.3 is 0 Å². The molecular formula is C26H19N5O3. The van der Waals surface area contributed by atoms with Gasteiger partial charge in [-0.2, -0.15) is 10.2 Å². The Morgan fingerprint density at radius 3 is 2.56 bits per heavy atom. The van der Waals surface area contributed by atoms with Gasteiger partial charge in [0.25, 0.3) is 5.56 Å². The number of fused-ring (bicyclic) bond motifs is 2. The highest BCUT2D eigenvalue weighted by Crippen LogP contribution is 2.27. The number of H-pyrrole nitrogens is 1. The number of methoxy groups -OCH3 is 1. The lowest BCUT2D eigenvalue weighted by Gasteiger charge is -2.11. The van der Waals surface area contributed by atoms with Crippen molar-refractivity contribution in [2.45, 2.75) is 6.92 Å². The van der Waals surface area contributed by atoms with Crippen LogP contribution in [-0.2, 0) is 0 Å². The molecule has 3 aromatic heterocycles. The number of allylic oxidation sites excluding steroid dienone is 1. The van der Waals surface area contributed by atoms with E-state index in [1.165, 1.54) is 10.5 Å². The zero-order chi connectivity index (χ0) is 23.7. The zero-order valence-electron chi connectivity index (χ0n) is 18.4. The number of nitrogens with one attached hydrogen (secondary N) is 1. The standard InChI is InChI=1S/C26H19N5O3/c1-16-6-5-13-31-24(16)30-25(34-19-11-9-18(33-2)10-12-19)20(26(31)32)14-17(15-27)23-28-21-7-3-4-8-22(21)29-23/h3-14H,1-2H3,(H,28,29)/b17-14+. The molecule has 0 saturated carbocycles. The van der Waals surface area contributed by atoms with Crippen molar-refractivity contribution in [3.05, 3.63) is 94.2 Å². The number of aromatic amines is 1. The molecule has 0 amide bonds. The first-order valence-electron chi connectivity index (χ1n) is 10.5. The van der Waals surface area contributed by atoms with Crippen LogP contribution in [0.2, 0.25) is 0 Å². The summed E-state index contributed by atoms with van der Waals surface area (Å²) in [6.07, 6.45) is 3.10. The van der Waals surface area contributed by atoms with E-state index < -0.39 is 0 Å². The molecule has 8 heteroatoms. The molecule has 0 radical (unpaired) electrons. The van der Waals surface area contributed by atoms with Crippen molar-refractivity contribution in [3.8, 4) is 23.4 Å². The van der Waals surface area contributed by atoms with Crippen LogP contribution in [0.4, 0.5) is 0 Å². The van der Waals surface area contributed by atoms with E-state index in [1.54, 1.807) is 43.6 Å². The second kappa shape index (κ2) is 8.56. The van der Waals surface area contributed by atoms with Crippen molar-refractivity contribution >= 4 is 28.3 Å². The highest BCUT2D eigenvalue weighted by Gasteiger charge is 2.17. The number of hydrogen-bond donors (Lipinski definition) is 1. The summed E-state index contributed by atoms with van der Waals surface area (Å²) in [7, 11) is 1.58. The van der Waals surface area contributed by atoms with Crippen LogP contribution in [-0.4, -0.2) is 26.5 Å². The largest absolute Gasteiger partial charge is 0.497 e. The molecule has 166 valence electrons. The minimum absolute atomic E-state index is 0.0910. The van der Waals surface area contributed by atoms with E-state index in [9.17, 15) is 10.1 Å². The third-order valence-corrected chi connectivity index (χ3v) is 5.38. The molecule has 0 bridgehead atoms. The molecule has 2 aromatic carbocycles. The Kier molecular flexibility index (Phi) is 5.28. The second-order valence-corrected chi connectivity index (χ2v) is 7.57. The van der Waals surface area contributed by atoms with Gasteiger partial charge < -0.3 is 14.5 Å². The van der Waals surface area contributed by atoms with Gasteiger partial charge in [0.1, 0.15) is 34.6 Å². The van der Waals surface area contributed by atoms with Crippen LogP contribution in [0.15, 0.2) is 71.7 Å². The number of para-hydroxylation sites is 2. The third-order valence-electron chi connectivity index (χ3n) is 5.38. The van der Waals surface area contributed by atoms with Crippen molar-refractivity contribution in [2.75, 3.05) is 7.11 Å². The average Bonchev–Trinajstić information content (AvgIpc) is 3.29. The maximum absolute atomic E-state index is 13.5. The zero-order valence-corrected chi connectivity index (χ0v) is 18.4. The van der Waals surface area contributed by atoms with Crippen molar-refractivity contribution < 1.29 is 9.47 Å². The normalized spacial score (nSPS) is 11.5. The van der Waals surface area contributed by atoms with Gasteiger partial charge in [0.05, 0.1) is 23.7 Å². The average molecular weight is 449 g/mol. The van der Waals surface area contributed by atoms with Crippen LogP contribution in [0, 0.1) is 18.3 Å². The van der Waals surface area contributed by atoms with Crippen LogP contribution in [0.5, 0.6) is 17.4 Å². The molecule has 0 aliphatic rings. The molecule has 0 unspecified atom stereocenters. The number of pyridine rings is 1. The number of imidazole rings is 1.